The Morgan fingerprint density at radius 2 is 1.87 bits per heavy atom. The number of hydrogen-bond donors (Lipinski definition) is 2. The van der Waals surface area contributed by atoms with Crippen molar-refractivity contribution in [3.8, 4) is 5.75 Å². The van der Waals surface area contributed by atoms with Crippen LogP contribution in [-0.4, -0.2) is 60.9 Å². The van der Waals surface area contributed by atoms with E-state index in [-0.39, 0.29) is 48.6 Å². The number of aromatic hydroxyl groups is 1. The molecule has 0 radical (unpaired) electrons. The van der Waals surface area contributed by atoms with E-state index in [2.05, 4.69) is 5.32 Å². The molecule has 0 aliphatic carbocycles. The molecule has 2 rings (SSSR count). The molecule has 1 fully saturated rings. The van der Waals surface area contributed by atoms with E-state index >= 15 is 0 Å². The van der Waals surface area contributed by atoms with Gasteiger partial charge in [0.25, 0.3) is 0 Å². The average molecular weight is 340 g/mol. The maximum absolute atomic E-state index is 12.2. The third-order valence-electron chi connectivity index (χ3n) is 3.75. The minimum Gasteiger partial charge on any atom is -0.508 e. The molecule has 1 aliphatic heterocycles. The lowest BCUT2D eigenvalue weighted by Gasteiger charge is -2.29. The Morgan fingerprint density at radius 1 is 1.26 bits per heavy atom. The molecule has 0 spiro atoms. The maximum Gasteiger partial charge on any atom is 0.244 e. The van der Waals surface area contributed by atoms with Crippen LogP contribution >= 0.6 is 0 Å². The Kier molecular flexibility index (Phi) is 5.25. The van der Waals surface area contributed by atoms with Crippen LogP contribution in [0.4, 0.5) is 0 Å². The summed E-state index contributed by atoms with van der Waals surface area (Å²) in [7, 11) is -3.05. The first kappa shape index (κ1) is 17.3. The van der Waals surface area contributed by atoms with E-state index in [4.69, 9.17) is 0 Å². The molecule has 0 saturated carbocycles. The minimum atomic E-state index is -3.05. The predicted molar refractivity (Wildman–Crippen MR) is 84.6 cm³/mol. The number of hydrogen-bond acceptors (Lipinski definition) is 5. The summed E-state index contributed by atoms with van der Waals surface area (Å²) in [5.41, 5.74) is 0.480. The van der Waals surface area contributed by atoms with Crippen LogP contribution in [0.25, 0.3) is 0 Å². The second kappa shape index (κ2) is 6.99. The third kappa shape index (κ3) is 4.69. The number of carbonyl (C=O) groups is 2. The molecular formula is C15H20N2O5S. The quantitative estimate of drug-likeness (QED) is 0.783. The zero-order chi connectivity index (χ0) is 17.0. The highest BCUT2D eigenvalue weighted by molar-refractivity contribution is 7.91. The topological polar surface area (TPSA) is 104 Å². The van der Waals surface area contributed by atoms with Crippen molar-refractivity contribution in [2.24, 2.45) is 0 Å². The van der Waals surface area contributed by atoms with Gasteiger partial charge in [-0.05, 0) is 13.0 Å². The molecule has 1 heterocycles. The molecule has 7 nitrogen and oxygen atoms in total. The van der Waals surface area contributed by atoms with E-state index < -0.39 is 15.9 Å². The normalized spacial score (nSPS) is 18.2. The summed E-state index contributed by atoms with van der Waals surface area (Å²) in [6.07, 6.45) is -0.0291. The molecule has 2 N–H and O–H groups in total. The van der Waals surface area contributed by atoms with E-state index in [0.717, 1.165) is 0 Å². The summed E-state index contributed by atoms with van der Waals surface area (Å²) in [6.45, 7) is 1.87. The lowest BCUT2D eigenvalue weighted by molar-refractivity contribution is -0.135. The van der Waals surface area contributed by atoms with Crippen LogP contribution in [0.3, 0.4) is 0 Å². The zero-order valence-corrected chi connectivity index (χ0v) is 13.7. The number of carbonyl (C=O) groups excluding carboxylic acids is 2. The molecule has 1 atom stereocenters. The summed E-state index contributed by atoms with van der Waals surface area (Å²) in [6, 6.07) is 5.76. The first-order chi connectivity index (χ1) is 10.8. The number of rotatable bonds is 4. The molecule has 1 aromatic carbocycles. The van der Waals surface area contributed by atoms with Crippen molar-refractivity contribution in [1.29, 1.82) is 0 Å². The number of phenols is 1. The minimum absolute atomic E-state index is 0.0291. The average Bonchev–Trinajstić information content (AvgIpc) is 2.49. The largest absolute Gasteiger partial charge is 0.508 e. The van der Waals surface area contributed by atoms with Gasteiger partial charge in [0.2, 0.25) is 11.8 Å². The molecular weight excluding hydrogens is 320 g/mol. The molecule has 1 saturated heterocycles. The van der Waals surface area contributed by atoms with Crippen molar-refractivity contribution in [3.05, 3.63) is 29.8 Å². The molecule has 1 aromatic rings. The number of para-hydroxylation sites is 1. The van der Waals surface area contributed by atoms with Crippen LogP contribution in [-0.2, 0) is 25.8 Å². The number of amides is 2. The van der Waals surface area contributed by atoms with Crippen LogP contribution in [0.15, 0.2) is 24.3 Å². The van der Waals surface area contributed by atoms with Crippen molar-refractivity contribution in [1.82, 2.24) is 10.2 Å². The highest BCUT2D eigenvalue weighted by Crippen LogP contribution is 2.16. The summed E-state index contributed by atoms with van der Waals surface area (Å²) in [5.74, 6) is -0.736. The van der Waals surface area contributed by atoms with Gasteiger partial charge in [0.1, 0.15) is 11.8 Å². The summed E-state index contributed by atoms with van der Waals surface area (Å²) in [5, 5.41) is 12.2. The van der Waals surface area contributed by atoms with Crippen molar-refractivity contribution in [2.75, 3.05) is 24.6 Å². The molecule has 23 heavy (non-hydrogen) atoms. The van der Waals surface area contributed by atoms with Crippen molar-refractivity contribution in [3.63, 3.8) is 0 Å². The highest BCUT2D eigenvalue weighted by Gasteiger charge is 2.28. The number of nitrogens with zero attached hydrogens (tertiary/aromatic N) is 1. The fourth-order valence-electron chi connectivity index (χ4n) is 2.39. The van der Waals surface area contributed by atoms with E-state index in [1.165, 1.54) is 11.0 Å². The number of benzene rings is 1. The molecule has 8 heteroatoms. The van der Waals surface area contributed by atoms with Gasteiger partial charge in [0, 0.05) is 18.7 Å². The van der Waals surface area contributed by atoms with Crippen molar-refractivity contribution >= 4 is 21.7 Å². The molecule has 0 aromatic heterocycles. The third-order valence-corrected chi connectivity index (χ3v) is 5.36. The SMILES string of the molecule is CC(NC(=O)Cc1ccccc1O)C(=O)N1CCS(=O)(=O)CC1. The van der Waals surface area contributed by atoms with E-state index in [9.17, 15) is 23.1 Å². The van der Waals surface area contributed by atoms with Gasteiger partial charge >= 0.3 is 0 Å². The summed E-state index contributed by atoms with van der Waals surface area (Å²) < 4.78 is 22.7. The van der Waals surface area contributed by atoms with E-state index in [1.807, 2.05) is 0 Å². The zero-order valence-electron chi connectivity index (χ0n) is 12.9. The van der Waals surface area contributed by atoms with Gasteiger partial charge in [-0.3, -0.25) is 9.59 Å². The Bertz CT molecular complexity index is 688. The summed E-state index contributed by atoms with van der Waals surface area (Å²) >= 11 is 0. The smallest absolute Gasteiger partial charge is 0.244 e. The number of sulfone groups is 1. The van der Waals surface area contributed by atoms with Crippen molar-refractivity contribution in [2.45, 2.75) is 19.4 Å². The Labute approximate surface area is 135 Å². The molecule has 1 unspecified atom stereocenters. The molecule has 126 valence electrons. The van der Waals surface area contributed by atoms with Gasteiger partial charge in [-0.25, -0.2) is 8.42 Å². The Morgan fingerprint density at radius 3 is 2.48 bits per heavy atom. The maximum atomic E-state index is 12.2. The molecule has 2 amide bonds. The van der Waals surface area contributed by atoms with Gasteiger partial charge in [0.05, 0.1) is 17.9 Å². The second-order valence-electron chi connectivity index (χ2n) is 5.57. The first-order valence-electron chi connectivity index (χ1n) is 7.34. The van der Waals surface area contributed by atoms with E-state index in [0.29, 0.717) is 5.56 Å². The first-order valence-corrected chi connectivity index (χ1v) is 9.16. The fourth-order valence-corrected chi connectivity index (χ4v) is 3.60. The monoisotopic (exact) mass is 340 g/mol. The van der Waals surface area contributed by atoms with E-state index in [1.54, 1.807) is 25.1 Å². The fraction of sp³-hybridized carbons (Fsp3) is 0.467. The van der Waals surface area contributed by atoms with Crippen LogP contribution in [0.1, 0.15) is 12.5 Å². The predicted octanol–water partition coefficient (Wildman–Crippen LogP) is -0.304. The summed E-state index contributed by atoms with van der Waals surface area (Å²) in [4.78, 5) is 25.7. The van der Waals surface area contributed by atoms with Crippen LogP contribution < -0.4 is 5.32 Å². The molecule has 0 bridgehead atoms. The van der Waals surface area contributed by atoms with Crippen LogP contribution in [0.2, 0.25) is 0 Å². The number of phenolic OH excluding ortho intramolecular Hbond substituents is 1. The Balaban J connectivity index is 1.88. The lowest BCUT2D eigenvalue weighted by atomic mass is 10.1. The van der Waals surface area contributed by atoms with Gasteiger partial charge in [-0.1, -0.05) is 18.2 Å². The highest BCUT2D eigenvalue weighted by atomic mass is 32.2. The van der Waals surface area contributed by atoms with Crippen molar-refractivity contribution < 1.29 is 23.1 Å². The Hall–Kier alpha value is -2.09. The second-order valence-corrected chi connectivity index (χ2v) is 7.88. The van der Waals surface area contributed by atoms with Gasteiger partial charge in [-0.15, -0.1) is 0 Å². The van der Waals surface area contributed by atoms with Gasteiger partial charge in [-0.2, -0.15) is 0 Å². The van der Waals surface area contributed by atoms with Gasteiger partial charge < -0.3 is 15.3 Å². The van der Waals surface area contributed by atoms with Crippen LogP contribution in [0.5, 0.6) is 5.75 Å². The van der Waals surface area contributed by atoms with Gasteiger partial charge in [0.15, 0.2) is 9.84 Å². The standard InChI is InChI=1S/C15H20N2O5S/c1-11(15(20)17-6-8-23(21,22)9-7-17)16-14(19)10-12-4-2-3-5-13(12)18/h2-5,11,18H,6-10H2,1H3,(H,16,19). The lowest BCUT2D eigenvalue weighted by Crippen LogP contribution is -2.51. The van der Waals surface area contributed by atoms with Crippen LogP contribution in [0, 0.1) is 0 Å². The molecule has 1 aliphatic rings. The number of nitrogens with one attached hydrogen (secondary N) is 1.